The molecule has 0 atom stereocenters. The molecule has 0 bridgehead atoms. The number of nitrogens with zero attached hydrogens (tertiary/aromatic N) is 2. The van der Waals surface area contributed by atoms with Crippen molar-refractivity contribution in [2.45, 2.75) is 33.9 Å². The van der Waals surface area contributed by atoms with Crippen molar-refractivity contribution >= 4 is 29.9 Å². The van der Waals surface area contributed by atoms with Gasteiger partial charge in [-0.2, -0.15) is 8.78 Å². The molecular weight excluding hydrogens is 441 g/mol. The third-order valence-corrected chi connectivity index (χ3v) is 3.72. The molecule has 0 aliphatic carbocycles. The van der Waals surface area contributed by atoms with Crippen molar-refractivity contribution in [3.8, 4) is 5.75 Å². The highest BCUT2D eigenvalue weighted by atomic mass is 127. The highest BCUT2D eigenvalue weighted by Gasteiger charge is 2.10. The molecule has 0 radical (unpaired) electrons. The Morgan fingerprint density at radius 3 is 2.48 bits per heavy atom. The highest BCUT2D eigenvalue weighted by Crippen LogP contribution is 2.21. The fourth-order valence-electron chi connectivity index (χ4n) is 2.33. The number of hydrogen-bond donors (Lipinski definition) is 2. The van der Waals surface area contributed by atoms with Crippen LogP contribution in [0, 0.1) is 6.92 Å². The minimum Gasteiger partial charge on any atom is -0.434 e. The Labute approximate surface area is 166 Å². The average Bonchev–Trinajstić information content (AvgIpc) is 2.56. The van der Waals surface area contributed by atoms with Gasteiger partial charge in [-0.3, -0.25) is 4.99 Å². The van der Waals surface area contributed by atoms with E-state index < -0.39 is 6.61 Å². The lowest BCUT2D eigenvalue weighted by molar-refractivity contribution is -0.0504. The predicted octanol–water partition coefficient (Wildman–Crippen LogP) is 3.22. The Hall–Kier alpha value is -1.16. The van der Waals surface area contributed by atoms with Crippen LogP contribution in [0.25, 0.3) is 0 Å². The number of aliphatic imine (C=N–C) groups is 1. The van der Waals surface area contributed by atoms with E-state index in [1.807, 2.05) is 13.0 Å². The zero-order chi connectivity index (χ0) is 17.9. The van der Waals surface area contributed by atoms with Crippen molar-refractivity contribution in [3.05, 3.63) is 29.3 Å². The molecular formula is C17H29F2IN4O. The molecule has 0 saturated carbocycles. The summed E-state index contributed by atoms with van der Waals surface area (Å²) in [7, 11) is 1.68. The van der Waals surface area contributed by atoms with Crippen LogP contribution in [0.2, 0.25) is 0 Å². The lowest BCUT2D eigenvalue weighted by atomic mass is 10.1. The van der Waals surface area contributed by atoms with E-state index in [9.17, 15) is 8.78 Å². The van der Waals surface area contributed by atoms with Gasteiger partial charge in [-0.25, -0.2) is 0 Å². The van der Waals surface area contributed by atoms with Crippen LogP contribution >= 0.6 is 24.0 Å². The first-order chi connectivity index (χ1) is 11.5. The molecule has 0 heterocycles. The van der Waals surface area contributed by atoms with Crippen LogP contribution in [0.4, 0.5) is 8.78 Å². The van der Waals surface area contributed by atoms with Gasteiger partial charge in [-0.15, -0.1) is 24.0 Å². The molecule has 8 heteroatoms. The lowest BCUT2D eigenvalue weighted by Gasteiger charge is -2.19. The Morgan fingerprint density at radius 2 is 1.92 bits per heavy atom. The molecule has 0 saturated heterocycles. The number of hydrogen-bond acceptors (Lipinski definition) is 3. The van der Waals surface area contributed by atoms with Crippen LogP contribution in [-0.4, -0.2) is 50.7 Å². The summed E-state index contributed by atoms with van der Waals surface area (Å²) >= 11 is 0. The molecule has 2 N–H and O–H groups in total. The van der Waals surface area contributed by atoms with Gasteiger partial charge in [0.2, 0.25) is 0 Å². The average molecular weight is 470 g/mol. The number of rotatable bonds is 9. The van der Waals surface area contributed by atoms with Gasteiger partial charge in [0.1, 0.15) is 5.75 Å². The topological polar surface area (TPSA) is 48.9 Å². The van der Waals surface area contributed by atoms with Crippen LogP contribution in [0.15, 0.2) is 23.2 Å². The summed E-state index contributed by atoms with van der Waals surface area (Å²) in [5.41, 5.74) is 1.65. The zero-order valence-corrected chi connectivity index (χ0v) is 17.6. The molecule has 0 fully saturated rings. The first kappa shape index (κ1) is 23.8. The number of ether oxygens (including phenoxy) is 1. The van der Waals surface area contributed by atoms with E-state index in [1.165, 1.54) is 0 Å². The summed E-state index contributed by atoms with van der Waals surface area (Å²) in [5, 5.41) is 6.35. The summed E-state index contributed by atoms with van der Waals surface area (Å²) in [6.45, 7) is 7.36. The molecule has 1 aromatic rings. The first-order valence-electron chi connectivity index (χ1n) is 8.21. The highest BCUT2D eigenvalue weighted by molar-refractivity contribution is 14.0. The smallest absolute Gasteiger partial charge is 0.387 e. The third kappa shape index (κ3) is 9.20. The van der Waals surface area contributed by atoms with E-state index >= 15 is 0 Å². The number of nitrogens with one attached hydrogen (secondary N) is 2. The SMILES string of the molecule is CCN(CC)CCNC(=NC)NCc1cc(C)ccc1OC(F)F.I. The minimum atomic E-state index is -2.84. The molecule has 5 nitrogen and oxygen atoms in total. The predicted molar refractivity (Wildman–Crippen MR) is 109 cm³/mol. The Balaban J connectivity index is 0.00000576. The summed E-state index contributed by atoms with van der Waals surface area (Å²) in [6, 6.07) is 5.14. The number of guanidine groups is 1. The minimum absolute atomic E-state index is 0. The van der Waals surface area contributed by atoms with Crippen molar-refractivity contribution in [2.24, 2.45) is 4.99 Å². The Morgan fingerprint density at radius 1 is 1.24 bits per heavy atom. The van der Waals surface area contributed by atoms with Gasteiger partial charge < -0.3 is 20.3 Å². The Bertz CT molecular complexity index is 525. The van der Waals surface area contributed by atoms with E-state index in [2.05, 4.69) is 39.1 Å². The van der Waals surface area contributed by atoms with E-state index in [-0.39, 0.29) is 29.7 Å². The number of benzene rings is 1. The van der Waals surface area contributed by atoms with Crippen molar-refractivity contribution in [1.82, 2.24) is 15.5 Å². The fraction of sp³-hybridized carbons (Fsp3) is 0.588. The van der Waals surface area contributed by atoms with Gasteiger partial charge in [0, 0.05) is 32.2 Å². The second kappa shape index (κ2) is 13.1. The van der Waals surface area contributed by atoms with Gasteiger partial charge in [-0.05, 0) is 26.1 Å². The maximum Gasteiger partial charge on any atom is 0.387 e. The normalized spacial score (nSPS) is 11.4. The van der Waals surface area contributed by atoms with E-state index in [4.69, 9.17) is 0 Å². The molecule has 0 aliphatic heterocycles. The van der Waals surface area contributed by atoms with E-state index in [1.54, 1.807) is 19.2 Å². The fourth-order valence-corrected chi connectivity index (χ4v) is 2.33. The summed E-state index contributed by atoms with van der Waals surface area (Å²) in [6.07, 6.45) is 0. The third-order valence-electron chi connectivity index (χ3n) is 3.72. The van der Waals surface area contributed by atoms with Gasteiger partial charge in [-0.1, -0.05) is 31.5 Å². The second-order valence-electron chi connectivity index (χ2n) is 5.37. The molecule has 0 amide bonds. The maximum atomic E-state index is 12.5. The van der Waals surface area contributed by atoms with Crippen LogP contribution < -0.4 is 15.4 Å². The monoisotopic (exact) mass is 470 g/mol. The second-order valence-corrected chi connectivity index (χ2v) is 5.37. The number of likely N-dealkylation sites (N-methyl/N-ethyl adjacent to an activating group) is 1. The molecule has 0 aliphatic rings. The number of halogens is 3. The molecule has 0 aromatic heterocycles. The quantitative estimate of drug-likeness (QED) is 0.331. The van der Waals surface area contributed by atoms with Crippen LogP contribution in [0.1, 0.15) is 25.0 Å². The summed E-state index contributed by atoms with van der Waals surface area (Å²) < 4.78 is 29.6. The van der Waals surface area contributed by atoms with Gasteiger partial charge >= 0.3 is 6.61 Å². The lowest BCUT2D eigenvalue weighted by Crippen LogP contribution is -2.41. The first-order valence-corrected chi connectivity index (χ1v) is 8.21. The molecule has 144 valence electrons. The molecule has 0 spiro atoms. The van der Waals surface area contributed by atoms with Crippen LogP contribution in [-0.2, 0) is 6.54 Å². The Kier molecular flexibility index (Phi) is 12.5. The largest absolute Gasteiger partial charge is 0.434 e. The van der Waals surface area contributed by atoms with Crippen molar-refractivity contribution in [1.29, 1.82) is 0 Å². The van der Waals surface area contributed by atoms with E-state index in [0.29, 0.717) is 18.1 Å². The molecule has 1 rings (SSSR count). The van der Waals surface area contributed by atoms with Crippen molar-refractivity contribution < 1.29 is 13.5 Å². The van der Waals surface area contributed by atoms with Gasteiger partial charge in [0.05, 0.1) is 0 Å². The number of alkyl halides is 2. The summed E-state index contributed by atoms with van der Waals surface area (Å²) in [4.78, 5) is 6.45. The van der Waals surface area contributed by atoms with Gasteiger partial charge in [0.15, 0.2) is 5.96 Å². The van der Waals surface area contributed by atoms with Crippen LogP contribution in [0.5, 0.6) is 5.75 Å². The zero-order valence-electron chi connectivity index (χ0n) is 15.3. The van der Waals surface area contributed by atoms with Crippen molar-refractivity contribution in [2.75, 3.05) is 33.2 Å². The summed E-state index contributed by atoms with van der Waals surface area (Å²) in [5.74, 6) is 0.813. The maximum absolute atomic E-state index is 12.5. The molecule has 25 heavy (non-hydrogen) atoms. The molecule has 1 aromatic carbocycles. The van der Waals surface area contributed by atoms with Crippen molar-refractivity contribution in [3.63, 3.8) is 0 Å². The van der Waals surface area contributed by atoms with Gasteiger partial charge in [0.25, 0.3) is 0 Å². The molecule has 0 unspecified atom stereocenters. The standard InChI is InChI=1S/C17H28F2N4O.HI/c1-5-23(6-2)10-9-21-17(20-4)22-12-14-11-13(3)7-8-15(14)24-16(18)19;/h7-8,11,16H,5-6,9-10,12H2,1-4H3,(H2,20,21,22);1H. The number of aryl methyl sites for hydroxylation is 1. The van der Waals surface area contributed by atoms with Crippen LogP contribution in [0.3, 0.4) is 0 Å². The van der Waals surface area contributed by atoms with E-state index in [0.717, 1.165) is 31.7 Å².